The number of ether oxygens (including phenoxy) is 2. The number of hydrogen-bond acceptors (Lipinski definition) is 5. The van der Waals surface area contributed by atoms with Gasteiger partial charge in [0, 0.05) is 38.2 Å². The average molecular weight is 382 g/mol. The number of likely N-dealkylation sites (tertiary alicyclic amines) is 1. The van der Waals surface area contributed by atoms with E-state index in [1.165, 1.54) is 6.20 Å². The summed E-state index contributed by atoms with van der Waals surface area (Å²) in [5.74, 6) is 0.145. The van der Waals surface area contributed by atoms with Gasteiger partial charge < -0.3 is 14.4 Å². The van der Waals surface area contributed by atoms with Gasteiger partial charge >= 0.3 is 6.18 Å². The first-order valence-electron chi connectivity index (χ1n) is 8.59. The molecule has 1 amide bonds. The molecule has 10 heteroatoms. The Balaban J connectivity index is 1.42. The third kappa shape index (κ3) is 3.56. The summed E-state index contributed by atoms with van der Waals surface area (Å²) in [5.41, 5.74) is -0.422. The van der Waals surface area contributed by atoms with E-state index in [1.54, 1.807) is 9.58 Å². The van der Waals surface area contributed by atoms with E-state index in [1.807, 2.05) is 0 Å². The van der Waals surface area contributed by atoms with Gasteiger partial charge in [0.2, 0.25) is 11.8 Å². The molecule has 0 radical (unpaired) electrons. The van der Waals surface area contributed by atoms with Crippen molar-refractivity contribution in [3.05, 3.63) is 35.7 Å². The van der Waals surface area contributed by atoms with E-state index in [2.05, 4.69) is 10.1 Å². The standard InChI is InChI=1S/C17H17F3N4O3/c18-17(19,20)11-2-4-21-14(8-11)27-12-3-6-23(10-12)15(25)13-9-22-24-5-1-7-26-16(13)24/h2,4,8-9,12H,1,3,5-7,10H2. The van der Waals surface area contributed by atoms with Crippen molar-refractivity contribution < 1.29 is 27.4 Å². The highest BCUT2D eigenvalue weighted by molar-refractivity contribution is 5.96. The monoisotopic (exact) mass is 382 g/mol. The first kappa shape index (κ1) is 17.6. The summed E-state index contributed by atoms with van der Waals surface area (Å²) in [4.78, 5) is 18.2. The number of aryl methyl sites for hydroxylation is 1. The van der Waals surface area contributed by atoms with Gasteiger partial charge in [-0.3, -0.25) is 4.79 Å². The summed E-state index contributed by atoms with van der Waals surface area (Å²) >= 11 is 0. The summed E-state index contributed by atoms with van der Waals surface area (Å²) < 4.78 is 51.1. The molecule has 27 heavy (non-hydrogen) atoms. The van der Waals surface area contributed by atoms with E-state index >= 15 is 0 Å². The smallest absolute Gasteiger partial charge is 0.416 e. The molecule has 0 aliphatic carbocycles. The molecule has 4 heterocycles. The zero-order valence-electron chi connectivity index (χ0n) is 14.3. The number of carbonyl (C=O) groups is 1. The maximum Gasteiger partial charge on any atom is 0.416 e. The third-order valence-electron chi connectivity index (χ3n) is 4.56. The highest BCUT2D eigenvalue weighted by atomic mass is 19.4. The lowest BCUT2D eigenvalue weighted by atomic mass is 10.2. The number of halogens is 3. The van der Waals surface area contributed by atoms with Crippen LogP contribution in [0, 0.1) is 0 Å². The van der Waals surface area contributed by atoms with Crippen molar-refractivity contribution >= 4 is 5.91 Å². The van der Waals surface area contributed by atoms with Gasteiger partial charge in [-0.25, -0.2) is 9.67 Å². The SMILES string of the molecule is O=C(c1cnn2c1OCCC2)N1CCC(Oc2cc(C(F)(F)F)ccn2)C1. The summed E-state index contributed by atoms with van der Waals surface area (Å²) in [7, 11) is 0. The molecular weight excluding hydrogens is 365 g/mol. The minimum Gasteiger partial charge on any atom is -0.477 e. The van der Waals surface area contributed by atoms with Crippen molar-refractivity contribution in [1.29, 1.82) is 0 Å². The zero-order valence-corrected chi connectivity index (χ0v) is 14.3. The Labute approximate surface area is 152 Å². The van der Waals surface area contributed by atoms with E-state index in [0.717, 1.165) is 24.8 Å². The van der Waals surface area contributed by atoms with Gasteiger partial charge in [-0.15, -0.1) is 0 Å². The molecule has 1 fully saturated rings. The summed E-state index contributed by atoms with van der Waals surface area (Å²) in [6, 6.07) is 1.76. The van der Waals surface area contributed by atoms with Gasteiger partial charge in [-0.2, -0.15) is 18.3 Å². The van der Waals surface area contributed by atoms with Crippen LogP contribution < -0.4 is 9.47 Å². The second kappa shape index (κ2) is 6.75. The van der Waals surface area contributed by atoms with Crippen LogP contribution in [0.5, 0.6) is 11.8 Å². The maximum absolute atomic E-state index is 12.8. The fraction of sp³-hybridized carbons (Fsp3) is 0.471. The Kier molecular flexibility index (Phi) is 4.40. The normalized spacial score (nSPS) is 19.5. The van der Waals surface area contributed by atoms with Crippen LogP contribution in [0.3, 0.4) is 0 Å². The average Bonchev–Trinajstić information content (AvgIpc) is 3.28. The van der Waals surface area contributed by atoms with Crippen molar-refractivity contribution in [2.45, 2.75) is 31.7 Å². The summed E-state index contributed by atoms with van der Waals surface area (Å²) in [5, 5.41) is 4.17. The van der Waals surface area contributed by atoms with Gasteiger partial charge in [0.05, 0.1) is 24.9 Å². The lowest BCUT2D eigenvalue weighted by Gasteiger charge is -2.19. The molecule has 4 rings (SSSR count). The Hall–Kier alpha value is -2.78. The molecule has 2 aliphatic rings. The number of alkyl halides is 3. The highest BCUT2D eigenvalue weighted by Gasteiger charge is 2.34. The number of fused-ring (bicyclic) bond motifs is 1. The number of hydrogen-bond donors (Lipinski definition) is 0. The number of aromatic nitrogens is 3. The van der Waals surface area contributed by atoms with Crippen LogP contribution in [0.2, 0.25) is 0 Å². The molecule has 0 spiro atoms. The van der Waals surface area contributed by atoms with Gasteiger partial charge in [-0.1, -0.05) is 0 Å². The molecule has 0 aromatic carbocycles. The first-order chi connectivity index (χ1) is 12.9. The fourth-order valence-corrected chi connectivity index (χ4v) is 3.22. The Morgan fingerprint density at radius 2 is 2.19 bits per heavy atom. The van der Waals surface area contributed by atoms with Crippen LogP contribution in [0.25, 0.3) is 0 Å². The highest BCUT2D eigenvalue weighted by Crippen LogP contribution is 2.31. The van der Waals surface area contributed by atoms with E-state index in [9.17, 15) is 18.0 Å². The van der Waals surface area contributed by atoms with Crippen LogP contribution in [-0.2, 0) is 12.7 Å². The second-order valence-corrected chi connectivity index (χ2v) is 6.45. The number of carbonyl (C=O) groups excluding carboxylic acids is 1. The molecule has 0 N–H and O–H groups in total. The minimum absolute atomic E-state index is 0.102. The van der Waals surface area contributed by atoms with Crippen LogP contribution in [0.1, 0.15) is 28.8 Å². The molecule has 144 valence electrons. The molecule has 2 aromatic rings. The Morgan fingerprint density at radius 3 is 3.00 bits per heavy atom. The molecule has 2 aromatic heterocycles. The molecule has 1 saturated heterocycles. The Morgan fingerprint density at radius 1 is 1.33 bits per heavy atom. The van der Waals surface area contributed by atoms with E-state index in [4.69, 9.17) is 9.47 Å². The van der Waals surface area contributed by atoms with Gasteiger partial charge in [0.15, 0.2) is 0 Å². The first-order valence-corrected chi connectivity index (χ1v) is 8.59. The van der Waals surface area contributed by atoms with Crippen molar-refractivity contribution in [2.24, 2.45) is 0 Å². The predicted octanol–water partition coefficient (Wildman–Crippen LogP) is 2.37. The van der Waals surface area contributed by atoms with Crippen molar-refractivity contribution in [2.75, 3.05) is 19.7 Å². The largest absolute Gasteiger partial charge is 0.477 e. The van der Waals surface area contributed by atoms with Gasteiger partial charge in [-0.05, 0) is 6.07 Å². The van der Waals surface area contributed by atoms with Gasteiger partial charge in [0.25, 0.3) is 5.91 Å². The van der Waals surface area contributed by atoms with Crippen molar-refractivity contribution in [3.63, 3.8) is 0 Å². The molecule has 7 nitrogen and oxygen atoms in total. The maximum atomic E-state index is 12.8. The lowest BCUT2D eigenvalue weighted by molar-refractivity contribution is -0.137. The third-order valence-corrected chi connectivity index (χ3v) is 4.56. The number of rotatable bonds is 3. The van der Waals surface area contributed by atoms with Crippen molar-refractivity contribution in [3.8, 4) is 11.8 Å². The summed E-state index contributed by atoms with van der Waals surface area (Å²) in [6.07, 6.45) is -0.977. The molecular formula is C17H17F3N4O3. The quantitative estimate of drug-likeness (QED) is 0.815. The van der Waals surface area contributed by atoms with E-state index in [0.29, 0.717) is 37.6 Å². The van der Waals surface area contributed by atoms with Crippen molar-refractivity contribution in [1.82, 2.24) is 19.7 Å². The zero-order chi connectivity index (χ0) is 19.0. The van der Waals surface area contributed by atoms with Crippen LogP contribution >= 0.6 is 0 Å². The van der Waals surface area contributed by atoms with E-state index < -0.39 is 17.8 Å². The van der Waals surface area contributed by atoms with Gasteiger partial charge in [0.1, 0.15) is 11.7 Å². The minimum atomic E-state index is -4.46. The molecule has 2 aliphatic heterocycles. The van der Waals surface area contributed by atoms with E-state index in [-0.39, 0.29) is 18.3 Å². The number of pyridine rings is 1. The number of nitrogens with zero attached hydrogens (tertiary/aromatic N) is 4. The number of amides is 1. The second-order valence-electron chi connectivity index (χ2n) is 6.45. The topological polar surface area (TPSA) is 69.5 Å². The van der Waals surface area contributed by atoms with Crippen LogP contribution in [0.15, 0.2) is 24.5 Å². The Bertz CT molecular complexity index is 852. The molecule has 1 atom stereocenters. The van der Waals surface area contributed by atoms with Crippen LogP contribution in [0.4, 0.5) is 13.2 Å². The predicted molar refractivity (Wildman–Crippen MR) is 86.5 cm³/mol. The molecule has 1 unspecified atom stereocenters. The lowest BCUT2D eigenvalue weighted by Crippen LogP contribution is -2.31. The fourth-order valence-electron chi connectivity index (χ4n) is 3.22. The molecule has 0 saturated carbocycles. The van der Waals surface area contributed by atoms with Crippen LogP contribution in [-0.4, -0.2) is 51.4 Å². The summed E-state index contributed by atoms with van der Waals surface area (Å²) in [6.45, 7) is 1.95. The molecule has 0 bridgehead atoms.